The van der Waals surface area contributed by atoms with Gasteiger partial charge in [0.05, 0.1) is 10.9 Å². The molecule has 1 aliphatic heterocycles. The van der Waals surface area contributed by atoms with Gasteiger partial charge in [0.1, 0.15) is 0 Å². The molecule has 0 aliphatic carbocycles. The molecule has 6 nitrogen and oxygen atoms in total. The highest BCUT2D eigenvalue weighted by Gasteiger charge is 2.34. The van der Waals surface area contributed by atoms with E-state index in [9.17, 15) is 8.42 Å². The first kappa shape index (κ1) is 26.0. The Morgan fingerprint density at radius 1 is 0.700 bits per heavy atom. The number of sulfone groups is 1. The summed E-state index contributed by atoms with van der Waals surface area (Å²) < 4.78 is 33.8. The Bertz CT molecular complexity index is 1620. The van der Waals surface area contributed by atoms with Gasteiger partial charge in [0.25, 0.3) is 0 Å². The van der Waals surface area contributed by atoms with Crippen molar-refractivity contribution in [2.24, 2.45) is 0 Å². The fourth-order valence-corrected chi connectivity index (χ4v) is 6.61. The molecule has 0 saturated carbocycles. The molecule has 0 N–H and O–H groups in total. The van der Waals surface area contributed by atoms with E-state index in [0.717, 1.165) is 24.2 Å². The Kier molecular flexibility index (Phi) is 7.24. The summed E-state index contributed by atoms with van der Waals surface area (Å²) >= 11 is 0. The summed E-state index contributed by atoms with van der Waals surface area (Å²) in [6, 6.07) is 37.3. The van der Waals surface area contributed by atoms with E-state index < -0.39 is 9.84 Å². The highest BCUT2D eigenvalue weighted by Crippen LogP contribution is 2.36. The number of rotatable bonds is 7. The van der Waals surface area contributed by atoms with Gasteiger partial charge < -0.3 is 9.32 Å². The molecular weight excluding hydrogens is 518 g/mol. The lowest BCUT2D eigenvalue weighted by Crippen LogP contribution is -2.48. The van der Waals surface area contributed by atoms with E-state index >= 15 is 0 Å². The first-order valence-electron chi connectivity index (χ1n) is 13.5. The van der Waals surface area contributed by atoms with E-state index in [1.807, 2.05) is 48.2 Å². The van der Waals surface area contributed by atoms with Gasteiger partial charge in [-0.2, -0.15) is 4.98 Å². The Morgan fingerprint density at radius 2 is 1.23 bits per heavy atom. The number of benzene rings is 4. The first-order chi connectivity index (χ1) is 19.5. The predicted molar refractivity (Wildman–Crippen MR) is 157 cm³/mol. The highest BCUT2D eigenvalue weighted by atomic mass is 32.2. The molecule has 4 aromatic carbocycles. The van der Waals surface area contributed by atoms with Crippen molar-refractivity contribution in [3.05, 3.63) is 132 Å². The van der Waals surface area contributed by atoms with Crippen LogP contribution in [-0.4, -0.2) is 44.5 Å². The van der Waals surface area contributed by atoms with Crippen LogP contribution in [0, 0.1) is 6.92 Å². The summed E-state index contributed by atoms with van der Waals surface area (Å²) in [7, 11) is -3.89. The van der Waals surface area contributed by atoms with Crippen molar-refractivity contribution in [3.63, 3.8) is 0 Å². The lowest BCUT2D eigenvalue weighted by molar-refractivity contribution is 0.209. The van der Waals surface area contributed by atoms with Crippen LogP contribution >= 0.6 is 0 Å². The van der Waals surface area contributed by atoms with E-state index in [1.165, 1.54) is 11.1 Å². The third kappa shape index (κ3) is 5.18. The number of anilines is 1. The number of nitrogens with zero attached hydrogens (tertiary/aromatic N) is 3. The third-order valence-corrected chi connectivity index (χ3v) is 9.05. The summed E-state index contributed by atoms with van der Waals surface area (Å²) in [4.78, 5) is 9.24. The first-order valence-corrected chi connectivity index (χ1v) is 15.0. The largest absolute Gasteiger partial charge is 0.419 e. The second-order valence-electron chi connectivity index (χ2n) is 10.1. The van der Waals surface area contributed by atoms with E-state index in [0.29, 0.717) is 24.9 Å². The van der Waals surface area contributed by atoms with Crippen molar-refractivity contribution < 1.29 is 12.8 Å². The summed E-state index contributed by atoms with van der Waals surface area (Å²) in [5, 5.41) is -0.0367. The lowest BCUT2D eigenvalue weighted by Gasteiger charge is -2.39. The zero-order valence-corrected chi connectivity index (χ0v) is 23.2. The Morgan fingerprint density at radius 3 is 1.77 bits per heavy atom. The SMILES string of the molecule is Cc1ccc(-c2nc(S(=O)(=O)c3ccccc3)c(N3CCN(C(c4ccccc4)c4ccccc4)CC3)o2)cc1. The van der Waals surface area contributed by atoms with Gasteiger partial charge in [-0.05, 0) is 42.3 Å². The highest BCUT2D eigenvalue weighted by molar-refractivity contribution is 7.91. The second kappa shape index (κ2) is 11.1. The Hall–Kier alpha value is -4.20. The van der Waals surface area contributed by atoms with Crippen LogP contribution in [0.5, 0.6) is 0 Å². The zero-order chi connectivity index (χ0) is 27.5. The minimum absolute atomic E-state index is 0.0367. The number of oxazole rings is 1. The van der Waals surface area contributed by atoms with Gasteiger partial charge in [0.15, 0.2) is 0 Å². The average molecular weight is 550 g/mol. The van der Waals surface area contributed by atoms with Crippen LogP contribution < -0.4 is 4.90 Å². The Labute approximate surface area is 235 Å². The zero-order valence-electron chi connectivity index (χ0n) is 22.4. The summed E-state index contributed by atoms with van der Waals surface area (Å²) in [6.45, 7) is 4.69. The monoisotopic (exact) mass is 549 g/mol. The summed E-state index contributed by atoms with van der Waals surface area (Å²) in [6.07, 6.45) is 0. The molecule has 0 radical (unpaired) electrons. The molecule has 1 fully saturated rings. The topological polar surface area (TPSA) is 66.7 Å². The summed E-state index contributed by atoms with van der Waals surface area (Å²) in [5.41, 5.74) is 4.31. The number of aromatic nitrogens is 1. The maximum absolute atomic E-state index is 13.8. The maximum Gasteiger partial charge on any atom is 0.236 e. The fourth-order valence-electron chi connectivity index (χ4n) is 5.27. The second-order valence-corrected chi connectivity index (χ2v) is 11.9. The van der Waals surface area contributed by atoms with Crippen molar-refractivity contribution in [2.75, 3.05) is 31.1 Å². The van der Waals surface area contributed by atoms with E-state index in [1.54, 1.807) is 30.3 Å². The van der Waals surface area contributed by atoms with E-state index in [4.69, 9.17) is 4.42 Å². The molecule has 6 rings (SSSR count). The third-order valence-electron chi connectivity index (χ3n) is 7.38. The smallest absolute Gasteiger partial charge is 0.236 e. The molecular formula is C33H31N3O3S. The molecule has 1 aromatic heterocycles. The van der Waals surface area contributed by atoms with Gasteiger partial charge in [-0.25, -0.2) is 8.42 Å². The van der Waals surface area contributed by atoms with Crippen molar-refractivity contribution in [1.82, 2.24) is 9.88 Å². The Balaban J connectivity index is 1.33. The van der Waals surface area contributed by atoms with E-state index in [2.05, 4.69) is 58.4 Å². The van der Waals surface area contributed by atoms with Crippen molar-refractivity contribution in [1.29, 1.82) is 0 Å². The molecule has 1 aliphatic rings. The van der Waals surface area contributed by atoms with Gasteiger partial charge in [-0.1, -0.05) is 96.6 Å². The fraction of sp³-hybridized carbons (Fsp3) is 0.182. The number of piperazine rings is 1. The molecule has 2 heterocycles. The van der Waals surface area contributed by atoms with Gasteiger partial charge in [0.2, 0.25) is 26.6 Å². The molecule has 40 heavy (non-hydrogen) atoms. The van der Waals surface area contributed by atoms with Gasteiger partial charge >= 0.3 is 0 Å². The normalized spacial score (nSPS) is 14.5. The molecule has 0 unspecified atom stereocenters. The van der Waals surface area contributed by atoms with Crippen molar-refractivity contribution in [2.45, 2.75) is 22.9 Å². The van der Waals surface area contributed by atoms with Crippen LogP contribution in [-0.2, 0) is 9.84 Å². The molecule has 0 amide bonds. The minimum Gasteiger partial charge on any atom is -0.419 e. The number of hydrogen-bond donors (Lipinski definition) is 0. The standard InChI is InChI=1S/C33H31N3O3S/c1-25-17-19-28(20-18-25)31-34-32(40(37,38)29-15-9-4-10-16-29)33(39-31)36-23-21-35(22-24-36)30(26-11-5-2-6-12-26)27-13-7-3-8-14-27/h2-20,30H,21-24H2,1H3. The van der Waals surface area contributed by atoms with Gasteiger partial charge in [-0.15, -0.1) is 0 Å². The van der Waals surface area contributed by atoms with Gasteiger partial charge in [-0.3, -0.25) is 4.90 Å². The molecule has 0 spiro atoms. The minimum atomic E-state index is -3.89. The average Bonchev–Trinajstić information content (AvgIpc) is 3.46. The molecule has 0 atom stereocenters. The van der Waals surface area contributed by atoms with E-state index in [-0.39, 0.29) is 16.0 Å². The van der Waals surface area contributed by atoms with Gasteiger partial charge in [0, 0.05) is 31.7 Å². The van der Waals surface area contributed by atoms with Crippen LogP contribution in [0.4, 0.5) is 5.88 Å². The predicted octanol–water partition coefficient (Wildman–Crippen LogP) is 6.39. The summed E-state index contributed by atoms with van der Waals surface area (Å²) in [5.74, 6) is 0.605. The maximum atomic E-state index is 13.8. The van der Waals surface area contributed by atoms with Crippen LogP contribution in [0.25, 0.3) is 11.5 Å². The molecule has 202 valence electrons. The van der Waals surface area contributed by atoms with Crippen LogP contribution in [0.2, 0.25) is 0 Å². The van der Waals surface area contributed by atoms with Crippen molar-refractivity contribution in [3.8, 4) is 11.5 Å². The lowest BCUT2D eigenvalue weighted by atomic mass is 9.96. The van der Waals surface area contributed by atoms with Crippen molar-refractivity contribution >= 4 is 15.7 Å². The molecule has 0 bridgehead atoms. The van der Waals surface area contributed by atoms with Crippen LogP contribution in [0.1, 0.15) is 22.7 Å². The number of aryl methyl sites for hydroxylation is 1. The molecule has 7 heteroatoms. The quantitative estimate of drug-likeness (QED) is 0.234. The molecule has 5 aromatic rings. The molecule has 1 saturated heterocycles. The van der Waals surface area contributed by atoms with Crippen LogP contribution in [0.3, 0.4) is 0 Å². The number of hydrogen-bond acceptors (Lipinski definition) is 6. The van der Waals surface area contributed by atoms with Crippen LogP contribution in [0.15, 0.2) is 130 Å².